The van der Waals surface area contributed by atoms with Gasteiger partial charge in [-0.05, 0) is 59.3 Å². The van der Waals surface area contributed by atoms with Crippen molar-refractivity contribution in [3.8, 4) is 11.5 Å². The van der Waals surface area contributed by atoms with Crippen LogP contribution in [0.1, 0.15) is 71.9 Å². The summed E-state index contributed by atoms with van der Waals surface area (Å²) in [6, 6.07) is 12.9. The molecule has 37 heavy (non-hydrogen) atoms. The van der Waals surface area contributed by atoms with Crippen molar-refractivity contribution in [2.45, 2.75) is 77.4 Å². The van der Waals surface area contributed by atoms with E-state index < -0.39 is 13.9 Å². The lowest BCUT2D eigenvalue weighted by atomic mass is 9.97. The maximum absolute atomic E-state index is 14.9. The van der Waals surface area contributed by atoms with Crippen molar-refractivity contribution in [2.75, 3.05) is 7.11 Å². The molecule has 0 spiro atoms. The molecule has 2 aromatic carbocycles. The van der Waals surface area contributed by atoms with Gasteiger partial charge in [0.15, 0.2) is 0 Å². The molecule has 0 aromatic heterocycles. The zero-order valence-corrected chi connectivity index (χ0v) is 24.2. The molecular weight excluding hydrogens is 482 g/mol. The number of carbonyl (C=O) groups is 1. The van der Waals surface area contributed by atoms with Gasteiger partial charge in [0.25, 0.3) is 0 Å². The fourth-order valence-corrected chi connectivity index (χ4v) is 10.4. The third-order valence-corrected chi connectivity index (χ3v) is 13.4. The number of rotatable bonds is 10. The van der Waals surface area contributed by atoms with Gasteiger partial charge in [-0.3, -0.25) is 4.79 Å². The number of esters is 1. The van der Waals surface area contributed by atoms with Crippen LogP contribution in [-0.4, -0.2) is 21.2 Å². The van der Waals surface area contributed by atoms with E-state index in [-0.39, 0.29) is 18.2 Å². The molecule has 0 aliphatic rings. The highest BCUT2D eigenvalue weighted by Crippen LogP contribution is 2.41. The minimum atomic E-state index is -2.03. The highest BCUT2D eigenvalue weighted by molar-refractivity contribution is 6.90. The average molecular weight is 523 g/mol. The SMILES string of the molecule is COC(=O)CCC/C(C#C[Si](C(C)C)(C(C)C)C(C)C)=C/C(=C/c1ccccc1F)c1ccccc1F. The molecule has 0 saturated carbocycles. The Labute approximate surface area is 222 Å². The Morgan fingerprint density at radius 1 is 0.892 bits per heavy atom. The molecule has 0 amide bonds. The Morgan fingerprint density at radius 3 is 2.00 bits per heavy atom. The van der Waals surface area contributed by atoms with Gasteiger partial charge in [-0.2, -0.15) is 0 Å². The van der Waals surface area contributed by atoms with Crippen molar-refractivity contribution < 1.29 is 18.3 Å². The summed E-state index contributed by atoms with van der Waals surface area (Å²) >= 11 is 0. The maximum atomic E-state index is 14.9. The maximum Gasteiger partial charge on any atom is 0.305 e. The van der Waals surface area contributed by atoms with Crippen LogP contribution < -0.4 is 0 Å². The summed E-state index contributed by atoms with van der Waals surface area (Å²) in [4.78, 5) is 11.8. The van der Waals surface area contributed by atoms with Crippen LogP contribution in [0.25, 0.3) is 11.6 Å². The predicted octanol–water partition coefficient (Wildman–Crippen LogP) is 9.00. The third kappa shape index (κ3) is 8.00. The van der Waals surface area contributed by atoms with Crippen molar-refractivity contribution in [1.29, 1.82) is 0 Å². The third-order valence-electron chi connectivity index (χ3n) is 7.09. The molecule has 2 rings (SSSR count). The summed E-state index contributed by atoms with van der Waals surface area (Å²) in [5.41, 5.74) is 7.19. The van der Waals surface area contributed by atoms with Gasteiger partial charge in [0.2, 0.25) is 0 Å². The molecule has 5 heteroatoms. The number of hydrogen-bond donors (Lipinski definition) is 0. The molecule has 0 heterocycles. The van der Waals surface area contributed by atoms with Crippen LogP contribution in [0.5, 0.6) is 0 Å². The van der Waals surface area contributed by atoms with E-state index in [9.17, 15) is 13.6 Å². The number of carbonyl (C=O) groups excluding carboxylic acids is 1. The van der Waals surface area contributed by atoms with E-state index in [0.29, 0.717) is 46.2 Å². The lowest BCUT2D eigenvalue weighted by Gasteiger charge is -2.38. The number of hydrogen-bond acceptors (Lipinski definition) is 2. The summed E-state index contributed by atoms with van der Waals surface area (Å²) in [6.07, 6.45) is 4.87. The Morgan fingerprint density at radius 2 is 1.46 bits per heavy atom. The topological polar surface area (TPSA) is 26.3 Å². The van der Waals surface area contributed by atoms with Crippen molar-refractivity contribution in [2.24, 2.45) is 0 Å². The number of halogens is 2. The van der Waals surface area contributed by atoms with Gasteiger partial charge in [0, 0.05) is 23.1 Å². The smallest absolute Gasteiger partial charge is 0.305 e. The fourth-order valence-electron chi connectivity index (χ4n) is 5.16. The van der Waals surface area contributed by atoms with Gasteiger partial charge in [0.05, 0.1) is 7.11 Å². The van der Waals surface area contributed by atoms with Crippen LogP contribution >= 0.6 is 0 Å². The standard InChI is InChI=1S/C32H40F2O2Si/c1-23(2)37(24(3)4,25(5)6)20-19-26(13-12-18-32(35)36-7)21-28(29-15-9-11-17-31(29)34)22-27-14-8-10-16-30(27)33/h8-11,14-17,21-25H,12-13,18H2,1-7H3/b26-21-,28-22-. The van der Waals surface area contributed by atoms with Crippen LogP contribution in [0.4, 0.5) is 8.78 Å². The van der Waals surface area contributed by atoms with Gasteiger partial charge in [-0.15, -0.1) is 5.54 Å². The first kappa shape index (κ1) is 30.3. The molecular formula is C32H40F2O2Si. The van der Waals surface area contributed by atoms with E-state index in [0.717, 1.165) is 5.57 Å². The molecule has 0 aliphatic carbocycles. The van der Waals surface area contributed by atoms with Gasteiger partial charge >= 0.3 is 5.97 Å². The fraction of sp³-hybridized carbons (Fsp3) is 0.406. The lowest BCUT2D eigenvalue weighted by Crippen LogP contribution is -2.43. The summed E-state index contributed by atoms with van der Waals surface area (Å²) < 4.78 is 34.3. The number of allylic oxidation sites excluding steroid dienone is 3. The Bertz CT molecular complexity index is 1160. The number of methoxy groups -OCH3 is 1. The van der Waals surface area contributed by atoms with E-state index in [4.69, 9.17) is 4.74 Å². The van der Waals surface area contributed by atoms with E-state index in [1.54, 1.807) is 42.5 Å². The van der Waals surface area contributed by atoms with Crippen LogP contribution in [0.15, 0.2) is 60.2 Å². The molecule has 0 fully saturated rings. The molecule has 2 aromatic rings. The van der Waals surface area contributed by atoms with Gasteiger partial charge < -0.3 is 4.74 Å². The van der Waals surface area contributed by atoms with E-state index >= 15 is 0 Å². The quantitative estimate of drug-likeness (QED) is 0.102. The molecule has 0 unspecified atom stereocenters. The van der Waals surface area contributed by atoms with Crippen LogP contribution in [0.2, 0.25) is 16.6 Å². The lowest BCUT2D eigenvalue weighted by molar-refractivity contribution is -0.140. The summed E-state index contributed by atoms with van der Waals surface area (Å²) in [5.74, 6) is 2.43. The Balaban J connectivity index is 2.72. The first-order chi connectivity index (χ1) is 17.5. The highest BCUT2D eigenvalue weighted by atomic mass is 28.3. The molecule has 0 bridgehead atoms. The van der Waals surface area contributed by atoms with Crippen molar-refractivity contribution in [3.05, 3.63) is 82.9 Å². The van der Waals surface area contributed by atoms with Gasteiger partial charge in [0.1, 0.15) is 19.7 Å². The molecule has 0 radical (unpaired) electrons. The molecule has 0 atom stereocenters. The second kappa shape index (κ2) is 14.1. The Hall–Kier alpha value is -2.97. The Kier molecular flexibility index (Phi) is 11.5. The van der Waals surface area contributed by atoms with Crippen LogP contribution in [-0.2, 0) is 9.53 Å². The van der Waals surface area contributed by atoms with Crippen molar-refractivity contribution in [1.82, 2.24) is 0 Å². The second-order valence-corrected chi connectivity index (χ2v) is 15.9. The monoisotopic (exact) mass is 522 g/mol. The molecule has 2 nitrogen and oxygen atoms in total. The van der Waals surface area contributed by atoms with Crippen LogP contribution in [0.3, 0.4) is 0 Å². The summed E-state index contributed by atoms with van der Waals surface area (Å²) in [7, 11) is -0.655. The minimum Gasteiger partial charge on any atom is -0.469 e. The van der Waals surface area contributed by atoms with Crippen LogP contribution in [0, 0.1) is 23.1 Å². The van der Waals surface area contributed by atoms with E-state index in [2.05, 4.69) is 53.0 Å². The molecule has 198 valence electrons. The van der Waals surface area contributed by atoms with Gasteiger partial charge in [-0.25, -0.2) is 8.78 Å². The normalized spacial score (nSPS) is 12.6. The number of ether oxygens (including phenoxy) is 1. The van der Waals surface area contributed by atoms with E-state index in [1.165, 1.54) is 19.2 Å². The van der Waals surface area contributed by atoms with Gasteiger partial charge in [-0.1, -0.05) is 83.9 Å². The largest absolute Gasteiger partial charge is 0.469 e. The molecule has 0 aliphatic heterocycles. The average Bonchev–Trinajstić information content (AvgIpc) is 2.84. The zero-order chi connectivity index (χ0) is 27.6. The summed E-state index contributed by atoms with van der Waals surface area (Å²) in [5, 5.41) is 0. The molecule has 0 N–H and O–H groups in total. The second-order valence-electron chi connectivity index (χ2n) is 10.3. The minimum absolute atomic E-state index is 0.267. The molecule has 0 saturated heterocycles. The first-order valence-electron chi connectivity index (χ1n) is 13.0. The summed E-state index contributed by atoms with van der Waals surface area (Å²) in [6.45, 7) is 13.5. The van der Waals surface area contributed by atoms with Crippen molar-refractivity contribution >= 4 is 25.7 Å². The first-order valence-corrected chi connectivity index (χ1v) is 15.3. The predicted molar refractivity (Wildman–Crippen MR) is 153 cm³/mol. The zero-order valence-electron chi connectivity index (χ0n) is 23.2. The van der Waals surface area contributed by atoms with Crippen molar-refractivity contribution in [3.63, 3.8) is 0 Å². The van der Waals surface area contributed by atoms with E-state index in [1.807, 2.05) is 6.08 Å². The highest BCUT2D eigenvalue weighted by Gasteiger charge is 2.41. The number of benzene rings is 2.